The number of hydrogen-bond donors (Lipinski definition) is 2. The molecular weight excluding hydrogens is 358 g/mol. The molecule has 0 bridgehead atoms. The number of aromatic nitrogens is 1. The van der Waals surface area contributed by atoms with E-state index in [-0.39, 0.29) is 11.8 Å². The monoisotopic (exact) mass is 371 g/mol. The van der Waals surface area contributed by atoms with Gasteiger partial charge in [0.05, 0.1) is 22.6 Å². The lowest BCUT2D eigenvalue weighted by molar-refractivity contribution is 0.101. The van der Waals surface area contributed by atoms with Crippen molar-refractivity contribution in [3.63, 3.8) is 0 Å². The van der Waals surface area contributed by atoms with Gasteiger partial charge >= 0.3 is 0 Å². The van der Waals surface area contributed by atoms with Crippen molar-refractivity contribution >= 4 is 46.1 Å². The van der Waals surface area contributed by atoms with Gasteiger partial charge in [0.2, 0.25) is 0 Å². The topological polar surface area (TPSA) is 71.1 Å². The van der Waals surface area contributed by atoms with Crippen molar-refractivity contribution in [2.24, 2.45) is 0 Å². The Labute approximate surface area is 153 Å². The van der Waals surface area contributed by atoms with Crippen LogP contribution in [-0.4, -0.2) is 16.8 Å². The molecule has 2 amide bonds. The quantitative estimate of drug-likeness (QED) is 0.703. The van der Waals surface area contributed by atoms with Crippen LogP contribution in [0.2, 0.25) is 5.02 Å². The normalized spacial score (nSPS) is 10.3. The van der Waals surface area contributed by atoms with Crippen LogP contribution >= 0.6 is 22.9 Å². The third-order valence-electron chi connectivity index (χ3n) is 3.48. The molecule has 3 aromatic rings. The van der Waals surface area contributed by atoms with Crippen LogP contribution in [0.5, 0.6) is 0 Å². The molecule has 5 nitrogen and oxygen atoms in total. The zero-order valence-corrected chi connectivity index (χ0v) is 14.8. The zero-order valence-electron chi connectivity index (χ0n) is 13.2. The Balaban J connectivity index is 1.79. The molecule has 3 rings (SSSR count). The van der Waals surface area contributed by atoms with Gasteiger partial charge in [-0.2, -0.15) is 0 Å². The molecule has 0 fully saturated rings. The SMILES string of the molecule is Cc1ncsc1C(=O)Nc1ccccc1NC(=O)c1ccc(Cl)cc1. The molecule has 0 saturated carbocycles. The second-order valence-electron chi connectivity index (χ2n) is 5.23. The highest BCUT2D eigenvalue weighted by Gasteiger charge is 2.15. The van der Waals surface area contributed by atoms with E-state index in [9.17, 15) is 9.59 Å². The predicted molar refractivity (Wildman–Crippen MR) is 101 cm³/mol. The lowest BCUT2D eigenvalue weighted by Crippen LogP contribution is -2.16. The van der Waals surface area contributed by atoms with Crippen LogP contribution in [0.25, 0.3) is 0 Å². The number of aryl methyl sites for hydroxylation is 1. The molecule has 1 aromatic heterocycles. The van der Waals surface area contributed by atoms with E-state index in [1.165, 1.54) is 11.3 Å². The van der Waals surface area contributed by atoms with E-state index in [4.69, 9.17) is 11.6 Å². The maximum Gasteiger partial charge on any atom is 0.267 e. The second-order valence-corrected chi connectivity index (χ2v) is 6.52. The highest BCUT2D eigenvalue weighted by Crippen LogP contribution is 2.24. The number of carbonyl (C=O) groups excluding carboxylic acids is 2. The summed E-state index contributed by atoms with van der Waals surface area (Å²) in [7, 11) is 0. The predicted octanol–water partition coefficient (Wildman–Crippen LogP) is 4.61. The maximum absolute atomic E-state index is 12.4. The number of halogens is 1. The minimum Gasteiger partial charge on any atom is -0.320 e. The smallest absolute Gasteiger partial charge is 0.267 e. The first-order valence-electron chi connectivity index (χ1n) is 7.42. The first-order chi connectivity index (χ1) is 12.0. The van der Waals surface area contributed by atoms with E-state index in [0.717, 1.165) is 0 Å². The lowest BCUT2D eigenvalue weighted by Gasteiger charge is -2.12. The van der Waals surface area contributed by atoms with Crippen LogP contribution in [0.4, 0.5) is 11.4 Å². The van der Waals surface area contributed by atoms with E-state index >= 15 is 0 Å². The molecule has 7 heteroatoms. The number of carbonyl (C=O) groups is 2. The number of benzene rings is 2. The Morgan fingerprint density at radius 2 is 1.56 bits per heavy atom. The molecule has 25 heavy (non-hydrogen) atoms. The van der Waals surface area contributed by atoms with Gasteiger partial charge in [0.1, 0.15) is 4.88 Å². The number of para-hydroxylation sites is 2. The summed E-state index contributed by atoms with van der Waals surface area (Å²) in [5.41, 5.74) is 3.80. The second kappa shape index (κ2) is 7.46. The van der Waals surface area contributed by atoms with Crippen molar-refractivity contribution < 1.29 is 9.59 Å². The summed E-state index contributed by atoms with van der Waals surface area (Å²) in [6.07, 6.45) is 0. The van der Waals surface area contributed by atoms with Gasteiger partial charge in [0.15, 0.2) is 0 Å². The third-order valence-corrected chi connectivity index (χ3v) is 4.66. The van der Waals surface area contributed by atoms with E-state index in [1.54, 1.807) is 61.0 Å². The fourth-order valence-electron chi connectivity index (χ4n) is 2.20. The third kappa shape index (κ3) is 4.04. The molecular formula is C18H14ClN3O2S. The van der Waals surface area contributed by atoms with Crippen LogP contribution in [0.15, 0.2) is 54.0 Å². The molecule has 0 radical (unpaired) electrons. The van der Waals surface area contributed by atoms with Gasteiger partial charge in [0.25, 0.3) is 11.8 Å². The van der Waals surface area contributed by atoms with E-state index in [0.29, 0.717) is 32.5 Å². The Hall–Kier alpha value is -2.70. The first-order valence-corrected chi connectivity index (χ1v) is 8.68. The number of nitrogens with one attached hydrogen (secondary N) is 2. The van der Waals surface area contributed by atoms with Crippen LogP contribution in [0.1, 0.15) is 25.7 Å². The van der Waals surface area contributed by atoms with Gasteiger partial charge in [0, 0.05) is 10.6 Å². The largest absolute Gasteiger partial charge is 0.320 e. The number of amides is 2. The zero-order chi connectivity index (χ0) is 17.8. The Morgan fingerprint density at radius 1 is 0.960 bits per heavy atom. The molecule has 0 aliphatic heterocycles. The van der Waals surface area contributed by atoms with E-state index in [1.807, 2.05) is 0 Å². The number of hydrogen-bond acceptors (Lipinski definition) is 4. The molecule has 0 spiro atoms. The molecule has 0 unspecified atom stereocenters. The molecule has 126 valence electrons. The average Bonchev–Trinajstić information content (AvgIpc) is 3.03. The molecule has 0 saturated heterocycles. The van der Waals surface area contributed by atoms with Gasteiger partial charge < -0.3 is 10.6 Å². The van der Waals surface area contributed by atoms with Crippen molar-refractivity contribution in [2.45, 2.75) is 6.92 Å². The summed E-state index contributed by atoms with van der Waals surface area (Å²) in [4.78, 5) is 29.4. The molecule has 1 heterocycles. The van der Waals surface area contributed by atoms with E-state index < -0.39 is 0 Å². The summed E-state index contributed by atoms with van der Waals surface area (Å²) >= 11 is 7.11. The average molecular weight is 372 g/mol. The van der Waals surface area contributed by atoms with Crippen molar-refractivity contribution in [1.82, 2.24) is 4.98 Å². The van der Waals surface area contributed by atoms with Crippen LogP contribution in [0.3, 0.4) is 0 Å². The highest BCUT2D eigenvalue weighted by atomic mass is 35.5. The Morgan fingerprint density at radius 3 is 2.12 bits per heavy atom. The van der Waals surface area contributed by atoms with Crippen molar-refractivity contribution in [3.05, 3.63) is 75.2 Å². The fraction of sp³-hybridized carbons (Fsp3) is 0.0556. The number of thiazole rings is 1. The van der Waals surface area contributed by atoms with Gasteiger partial charge in [-0.1, -0.05) is 23.7 Å². The van der Waals surface area contributed by atoms with Crippen LogP contribution in [-0.2, 0) is 0 Å². The van der Waals surface area contributed by atoms with Crippen LogP contribution < -0.4 is 10.6 Å². The summed E-state index contributed by atoms with van der Waals surface area (Å²) in [5, 5.41) is 6.18. The van der Waals surface area contributed by atoms with Crippen molar-refractivity contribution in [2.75, 3.05) is 10.6 Å². The molecule has 2 N–H and O–H groups in total. The minimum absolute atomic E-state index is 0.256. The van der Waals surface area contributed by atoms with Crippen LogP contribution in [0, 0.1) is 6.92 Å². The lowest BCUT2D eigenvalue weighted by atomic mass is 10.2. The summed E-state index contributed by atoms with van der Waals surface area (Å²) in [6, 6.07) is 13.6. The van der Waals surface area contributed by atoms with Gasteiger partial charge in [-0.15, -0.1) is 11.3 Å². The van der Waals surface area contributed by atoms with Gasteiger partial charge in [-0.25, -0.2) is 4.98 Å². The van der Waals surface area contributed by atoms with E-state index in [2.05, 4.69) is 15.6 Å². The standard InChI is InChI=1S/C18H14ClN3O2S/c1-11-16(25-10-20-11)18(24)22-15-5-3-2-4-14(15)21-17(23)12-6-8-13(19)9-7-12/h2-10H,1H3,(H,21,23)(H,22,24). The molecule has 2 aromatic carbocycles. The van der Waals surface area contributed by atoms with Crippen molar-refractivity contribution in [3.8, 4) is 0 Å². The molecule has 0 aliphatic carbocycles. The summed E-state index contributed by atoms with van der Waals surface area (Å²) < 4.78 is 0. The summed E-state index contributed by atoms with van der Waals surface area (Å²) in [5.74, 6) is -0.541. The Bertz CT molecular complexity index is 922. The number of nitrogens with zero attached hydrogens (tertiary/aromatic N) is 1. The molecule has 0 atom stereocenters. The minimum atomic E-state index is -0.285. The maximum atomic E-state index is 12.4. The first kappa shape index (κ1) is 17.1. The number of rotatable bonds is 4. The summed E-state index contributed by atoms with van der Waals surface area (Å²) in [6.45, 7) is 1.78. The van der Waals surface area contributed by atoms with Gasteiger partial charge in [-0.05, 0) is 43.3 Å². The fourth-order valence-corrected chi connectivity index (χ4v) is 3.02. The Kier molecular flexibility index (Phi) is 5.11. The highest BCUT2D eigenvalue weighted by molar-refractivity contribution is 7.12. The van der Waals surface area contributed by atoms with Crippen molar-refractivity contribution in [1.29, 1.82) is 0 Å². The molecule has 0 aliphatic rings. The van der Waals surface area contributed by atoms with Gasteiger partial charge in [-0.3, -0.25) is 9.59 Å². The number of anilines is 2.